The molecule has 4 rings (SSSR count). The number of hydrogen-bond acceptors (Lipinski definition) is 6. The lowest BCUT2D eigenvalue weighted by molar-refractivity contribution is 0.0697. The van der Waals surface area contributed by atoms with Crippen LogP contribution in [0.15, 0.2) is 54.9 Å². The predicted octanol–water partition coefficient (Wildman–Crippen LogP) is 4.01. The smallest absolute Gasteiger partial charge is 0.335 e. The minimum Gasteiger partial charge on any atom is -0.478 e. The maximum atomic E-state index is 11.1. The second kappa shape index (κ2) is 9.14. The Bertz CT molecular complexity index is 1100. The molecule has 1 aromatic heterocycles. The van der Waals surface area contributed by atoms with E-state index in [0.29, 0.717) is 17.4 Å². The van der Waals surface area contributed by atoms with E-state index in [-0.39, 0.29) is 5.56 Å². The van der Waals surface area contributed by atoms with Crippen molar-refractivity contribution in [3.8, 4) is 11.1 Å². The number of anilines is 2. The quantitative estimate of drug-likeness (QED) is 0.568. The molecule has 3 aromatic rings. The fourth-order valence-corrected chi connectivity index (χ4v) is 3.97. The summed E-state index contributed by atoms with van der Waals surface area (Å²) in [5.74, 6) is -0.299. The Balaban J connectivity index is 1.42. The van der Waals surface area contributed by atoms with Gasteiger partial charge in [0, 0.05) is 50.6 Å². The van der Waals surface area contributed by atoms with Crippen molar-refractivity contribution in [2.75, 3.05) is 36.0 Å². The number of carboxylic acid groups (broad SMARTS) is 1. The van der Waals surface area contributed by atoms with Crippen molar-refractivity contribution in [3.63, 3.8) is 0 Å². The van der Waals surface area contributed by atoms with E-state index in [2.05, 4.69) is 25.8 Å². The molecule has 2 aromatic carbocycles. The van der Waals surface area contributed by atoms with E-state index in [9.17, 15) is 4.79 Å². The number of hydrogen-bond donors (Lipinski definition) is 2. The molecule has 0 bridgehead atoms. The van der Waals surface area contributed by atoms with Gasteiger partial charge in [-0.15, -0.1) is 0 Å². The number of halogens is 1. The number of benzene rings is 2. The molecule has 1 saturated heterocycles. The number of nitrogens with one attached hydrogen (secondary N) is 1. The Morgan fingerprint density at radius 3 is 2.39 bits per heavy atom. The van der Waals surface area contributed by atoms with Crippen LogP contribution in [-0.4, -0.2) is 53.4 Å². The molecule has 0 amide bonds. The molecule has 1 aliphatic heterocycles. The fourth-order valence-electron chi connectivity index (χ4n) is 3.67. The van der Waals surface area contributed by atoms with E-state index < -0.39 is 5.97 Å². The van der Waals surface area contributed by atoms with E-state index in [1.165, 1.54) is 12.3 Å². The monoisotopic (exact) mass is 435 g/mol. The molecule has 0 radical (unpaired) electrons. The van der Waals surface area contributed by atoms with Gasteiger partial charge in [-0.2, -0.15) is 0 Å². The Kier molecular flexibility index (Phi) is 6.13. The van der Waals surface area contributed by atoms with Crippen LogP contribution in [0.4, 0.5) is 11.6 Å². The van der Waals surface area contributed by atoms with E-state index in [0.717, 1.165) is 48.6 Å². The minimum absolute atomic E-state index is 0.184. The standard InChI is InChI=1S/C23H22ClN5O2/c24-20-13-18(22(30)31)4-5-21(20)28-8-10-29(11-9-28)23-26-14-19(15-27-23)17-3-1-2-16(12-17)6-7-25/h1-5,7,12-15,25H,6,8-11H2,(H,30,31). The van der Waals surface area contributed by atoms with Crippen molar-refractivity contribution in [3.05, 3.63) is 71.0 Å². The highest BCUT2D eigenvalue weighted by Crippen LogP contribution is 2.28. The molecule has 2 heterocycles. The SMILES string of the molecule is N=CCc1cccc(-c2cnc(N3CCN(c4ccc(C(=O)O)cc4Cl)CC3)nc2)c1. The van der Waals surface area contributed by atoms with Gasteiger partial charge in [0.25, 0.3) is 0 Å². The van der Waals surface area contributed by atoms with Crippen molar-refractivity contribution < 1.29 is 9.90 Å². The van der Waals surface area contributed by atoms with Gasteiger partial charge in [0.2, 0.25) is 5.95 Å². The van der Waals surface area contributed by atoms with Gasteiger partial charge in [0.05, 0.1) is 16.3 Å². The molecule has 0 aliphatic carbocycles. The van der Waals surface area contributed by atoms with E-state index in [1.807, 2.05) is 30.6 Å². The molecule has 1 aliphatic rings. The van der Waals surface area contributed by atoms with Crippen LogP contribution in [0, 0.1) is 5.41 Å². The van der Waals surface area contributed by atoms with Crippen LogP contribution in [-0.2, 0) is 6.42 Å². The lowest BCUT2D eigenvalue weighted by atomic mass is 10.0. The summed E-state index contributed by atoms with van der Waals surface area (Å²) in [6, 6.07) is 12.9. The highest BCUT2D eigenvalue weighted by Gasteiger charge is 2.21. The maximum Gasteiger partial charge on any atom is 0.335 e. The van der Waals surface area contributed by atoms with Crippen LogP contribution in [0.25, 0.3) is 11.1 Å². The zero-order valence-corrected chi connectivity index (χ0v) is 17.6. The average molecular weight is 436 g/mol. The summed E-state index contributed by atoms with van der Waals surface area (Å²) < 4.78 is 0. The first-order chi connectivity index (χ1) is 15.0. The summed E-state index contributed by atoms with van der Waals surface area (Å²) in [7, 11) is 0. The third-order valence-electron chi connectivity index (χ3n) is 5.33. The summed E-state index contributed by atoms with van der Waals surface area (Å²) in [6.07, 6.45) is 5.67. The molecule has 0 atom stereocenters. The minimum atomic E-state index is -0.986. The van der Waals surface area contributed by atoms with Gasteiger partial charge in [-0.1, -0.05) is 35.9 Å². The number of nitrogens with zero attached hydrogens (tertiary/aromatic N) is 4. The Labute approximate surface area is 185 Å². The number of piperazine rings is 1. The van der Waals surface area contributed by atoms with Gasteiger partial charge in [-0.25, -0.2) is 14.8 Å². The highest BCUT2D eigenvalue weighted by atomic mass is 35.5. The van der Waals surface area contributed by atoms with Crippen LogP contribution in [0.3, 0.4) is 0 Å². The average Bonchev–Trinajstić information content (AvgIpc) is 2.80. The van der Waals surface area contributed by atoms with Gasteiger partial charge in [0.15, 0.2) is 0 Å². The van der Waals surface area contributed by atoms with E-state index >= 15 is 0 Å². The van der Waals surface area contributed by atoms with Gasteiger partial charge >= 0.3 is 5.97 Å². The van der Waals surface area contributed by atoms with Crippen molar-refractivity contribution >= 4 is 35.4 Å². The first-order valence-corrected chi connectivity index (χ1v) is 10.4. The van der Waals surface area contributed by atoms with Gasteiger partial charge in [0.1, 0.15) is 0 Å². The van der Waals surface area contributed by atoms with E-state index in [4.69, 9.17) is 22.1 Å². The van der Waals surface area contributed by atoms with Gasteiger partial charge < -0.3 is 20.3 Å². The fraction of sp³-hybridized carbons (Fsp3) is 0.217. The summed E-state index contributed by atoms with van der Waals surface area (Å²) in [5.41, 5.74) is 4.09. The third-order valence-corrected chi connectivity index (χ3v) is 5.64. The number of carboxylic acids is 1. The van der Waals surface area contributed by atoms with Crippen molar-refractivity contribution in [1.29, 1.82) is 5.41 Å². The zero-order valence-electron chi connectivity index (χ0n) is 16.8. The van der Waals surface area contributed by atoms with Crippen LogP contribution in [0.2, 0.25) is 5.02 Å². The van der Waals surface area contributed by atoms with Crippen molar-refractivity contribution in [2.24, 2.45) is 0 Å². The lowest BCUT2D eigenvalue weighted by Gasteiger charge is -2.36. The zero-order chi connectivity index (χ0) is 21.8. The molecule has 0 unspecified atom stereocenters. The molecule has 2 N–H and O–H groups in total. The molecule has 1 fully saturated rings. The maximum absolute atomic E-state index is 11.1. The van der Waals surface area contributed by atoms with E-state index in [1.54, 1.807) is 12.1 Å². The molecule has 31 heavy (non-hydrogen) atoms. The predicted molar refractivity (Wildman–Crippen MR) is 123 cm³/mol. The summed E-state index contributed by atoms with van der Waals surface area (Å²) in [6.45, 7) is 2.96. The second-order valence-electron chi connectivity index (χ2n) is 7.33. The lowest BCUT2D eigenvalue weighted by Crippen LogP contribution is -2.47. The normalized spacial score (nSPS) is 13.8. The second-order valence-corrected chi connectivity index (χ2v) is 7.73. The summed E-state index contributed by atoms with van der Waals surface area (Å²) in [5, 5.41) is 16.8. The first-order valence-electron chi connectivity index (χ1n) is 9.98. The van der Waals surface area contributed by atoms with Crippen molar-refractivity contribution in [2.45, 2.75) is 6.42 Å². The van der Waals surface area contributed by atoms with Crippen LogP contribution < -0.4 is 9.80 Å². The molecule has 7 nitrogen and oxygen atoms in total. The number of aromatic carboxylic acids is 1. The number of rotatable bonds is 6. The summed E-state index contributed by atoms with van der Waals surface area (Å²) in [4.78, 5) is 24.5. The topological polar surface area (TPSA) is 93.4 Å². The van der Waals surface area contributed by atoms with Crippen LogP contribution >= 0.6 is 11.6 Å². The van der Waals surface area contributed by atoms with Crippen LogP contribution in [0.1, 0.15) is 15.9 Å². The Morgan fingerprint density at radius 1 is 1.03 bits per heavy atom. The number of carbonyl (C=O) groups is 1. The summed E-state index contributed by atoms with van der Waals surface area (Å²) >= 11 is 6.31. The van der Waals surface area contributed by atoms with Gasteiger partial charge in [-0.3, -0.25) is 0 Å². The molecule has 0 saturated carbocycles. The Morgan fingerprint density at radius 2 is 1.74 bits per heavy atom. The molecular formula is C23H22ClN5O2. The number of aromatic nitrogens is 2. The molecule has 158 valence electrons. The largest absolute Gasteiger partial charge is 0.478 e. The molecular weight excluding hydrogens is 414 g/mol. The Hall–Kier alpha value is -3.45. The van der Waals surface area contributed by atoms with Crippen LogP contribution in [0.5, 0.6) is 0 Å². The third kappa shape index (κ3) is 4.67. The molecule has 8 heteroatoms. The first kappa shape index (κ1) is 20.8. The van der Waals surface area contributed by atoms with Gasteiger partial charge in [-0.05, 0) is 35.5 Å². The highest BCUT2D eigenvalue weighted by molar-refractivity contribution is 6.33. The molecule has 0 spiro atoms. The van der Waals surface area contributed by atoms with Crippen molar-refractivity contribution in [1.82, 2.24) is 9.97 Å².